The summed E-state index contributed by atoms with van der Waals surface area (Å²) in [7, 11) is 0. The maximum Gasteiger partial charge on any atom is 0.339 e. The molecule has 2 heterocycles. The van der Waals surface area contributed by atoms with Crippen LogP contribution >= 0.6 is 0 Å². The SMILES string of the molecule is O=C(O)c1c[nH]c2ncc(Nc3ccccc3)nc12. The predicted molar refractivity (Wildman–Crippen MR) is 70.6 cm³/mol. The number of aromatic carboxylic acids is 1. The van der Waals surface area contributed by atoms with E-state index in [0.29, 0.717) is 17.0 Å². The molecule has 0 spiro atoms. The lowest BCUT2D eigenvalue weighted by molar-refractivity contribution is 0.0699. The lowest BCUT2D eigenvalue weighted by atomic mass is 10.3. The summed E-state index contributed by atoms with van der Waals surface area (Å²) in [4.78, 5) is 22.2. The maximum absolute atomic E-state index is 11.0. The second-order valence-electron chi connectivity index (χ2n) is 3.95. The van der Waals surface area contributed by atoms with Gasteiger partial charge in [-0.2, -0.15) is 0 Å². The highest BCUT2D eigenvalue weighted by atomic mass is 16.4. The average molecular weight is 254 g/mol. The first-order chi connectivity index (χ1) is 9.24. The molecule has 0 atom stereocenters. The third-order valence-electron chi connectivity index (χ3n) is 2.66. The van der Waals surface area contributed by atoms with Gasteiger partial charge in [0.25, 0.3) is 0 Å². The van der Waals surface area contributed by atoms with Crippen LogP contribution in [0.25, 0.3) is 11.2 Å². The van der Waals surface area contributed by atoms with Gasteiger partial charge in [-0.15, -0.1) is 0 Å². The largest absolute Gasteiger partial charge is 0.478 e. The minimum atomic E-state index is -1.03. The second kappa shape index (κ2) is 4.41. The molecule has 0 bridgehead atoms. The molecule has 0 aliphatic heterocycles. The number of nitrogens with zero attached hydrogens (tertiary/aromatic N) is 2. The van der Waals surface area contributed by atoms with Crippen LogP contribution < -0.4 is 5.32 Å². The highest BCUT2D eigenvalue weighted by Crippen LogP contribution is 2.18. The smallest absolute Gasteiger partial charge is 0.339 e. The normalized spacial score (nSPS) is 10.5. The van der Waals surface area contributed by atoms with Crippen molar-refractivity contribution >= 4 is 28.6 Å². The molecule has 0 fully saturated rings. The number of nitrogens with one attached hydrogen (secondary N) is 2. The molecule has 94 valence electrons. The van der Waals surface area contributed by atoms with E-state index in [4.69, 9.17) is 5.11 Å². The van der Waals surface area contributed by atoms with Crippen LogP contribution in [0.1, 0.15) is 10.4 Å². The van der Waals surface area contributed by atoms with Crippen LogP contribution in [0, 0.1) is 0 Å². The van der Waals surface area contributed by atoms with E-state index in [1.54, 1.807) is 6.20 Å². The van der Waals surface area contributed by atoms with Gasteiger partial charge in [0, 0.05) is 11.9 Å². The lowest BCUT2D eigenvalue weighted by Crippen LogP contribution is -1.98. The van der Waals surface area contributed by atoms with Crippen molar-refractivity contribution in [2.45, 2.75) is 0 Å². The van der Waals surface area contributed by atoms with Gasteiger partial charge >= 0.3 is 5.97 Å². The van der Waals surface area contributed by atoms with Gasteiger partial charge in [0.15, 0.2) is 5.65 Å². The zero-order valence-corrected chi connectivity index (χ0v) is 9.79. The number of aromatic nitrogens is 3. The Morgan fingerprint density at radius 1 is 1.26 bits per heavy atom. The Bertz CT molecular complexity index is 737. The van der Waals surface area contributed by atoms with Crippen molar-refractivity contribution in [3.63, 3.8) is 0 Å². The molecule has 0 unspecified atom stereocenters. The third-order valence-corrected chi connectivity index (χ3v) is 2.66. The average Bonchev–Trinajstić information content (AvgIpc) is 2.83. The van der Waals surface area contributed by atoms with E-state index in [1.165, 1.54) is 6.20 Å². The van der Waals surface area contributed by atoms with E-state index in [0.717, 1.165) is 5.69 Å². The number of carboxylic acids is 1. The molecule has 3 N–H and O–H groups in total. The number of rotatable bonds is 3. The van der Waals surface area contributed by atoms with Crippen LogP contribution in [0.2, 0.25) is 0 Å². The molecule has 0 saturated heterocycles. The number of carbonyl (C=O) groups is 1. The summed E-state index contributed by atoms with van der Waals surface area (Å²) >= 11 is 0. The molecule has 0 aliphatic carbocycles. The summed E-state index contributed by atoms with van der Waals surface area (Å²) in [5.41, 5.74) is 1.77. The Morgan fingerprint density at radius 3 is 2.79 bits per heavy atom. The first-order valence-electron chi connectivity index (χ1n) is 5.63. The molecule has 6 heteroatoms. The zero-order chi connectivity index (χ0) is 13.2. The van der Waals surface area contributed by atoms with Crippen LogP contribution in [0.4, 0.5) is 11.5 Å². The standard InChI is InChI=1S/C13H10N4O2/c18-13(19)9-6-14-12-11(9)17-10(7-15-12)16-8-4-2-1-3-5-8/h1-7H,(H,14,15)(H,16,17)(H,18,19). The van der Waals surface area contributed by atoms with Crippen molar-refractivity contribution in [1.82, 2.24) is 15.0 Å². The zero-order valence-electron chi connectivity index (χ0n) is 9.79. The third kappa shape index (κ3) is 2.11. The minimum absolute atomic E-state index is 0.110. The fraction of sp³-hybridized carbons (Fsp3) is 0. The Labute approximate surface area is 108 Å². The summed E-state index contributed by atoms with van der Waals surface area (Å²) in [6.45, 7) is 0. The number of hydrogen-bond donors (Lipinski definition) is 3. The van der Waals surface area contributed by atoms with E-state index in [1.807, 2.05) is 30.3 Å². The highest BCUT2D eigenvalue weighted by Gasteiger charge is 2.13. The molecular formula is C13H10N4O2. The number of hydrogen-bond acceptors (Lipinski definition) is 4. The minimum Gasteiger partial charge on any atom is -0.478 e. The predicted octanol–water partition coefficient (Wildman–Crippen LogP) is 2.40. The van der Waals surface area contributed by atoms with Crippen molar-refractivity contribution in [3.05, 3.63) is 48.3 Å². The molecule has 3 aromatic rings. The highest BCUT2D eigenvalue weighted by molar-refractivity contribution is 6.00. The molecule has 1 aromatic carbocycles. The molecule has 6 nitrogen and oxygen atoms in total. The van der Waals surface area contributed by atoms with Gasteiger partial charge in [-0.1, -0.05) is 18.2 Å². The number of benzene rings is 1. The fourth-order valence-corrected chi connectivity index (χ4v) is 1.78. The summed E-state index contributed by atoms with van der Waals surface area (Å²) in [6.07, 6.45) is 2.94. The summed E-state index contributed by atoms with van der Waals surface area (Å²) in [5.74, 6) is -0.529. The van der Waals surface area contributed by atoms with Crippen molar-refractivity contribution in [3.8, 4) is 0 Å². The van der Waals surface area contributed by atoms with Gasteiger partial charge in [-0.25, -0.2) is 14.8 Å². The van der Waals surface area contributed by atoms with Gasteiger partial charge in [0.2, 0.25) is 0 Å². The Balaban J connectivity index is 2.01. The number of carboxylic acid groups (broad SMARTS) is 1. The van der Waals surface area contributed by atoms with Gasteiger partial charge in [-0.3, -0.25) is 0 Å². The van der Waals surface area contributed by atoms with Gasteiger partial charge in [-0.05, 0) is 12.1 Å². The van der Waals surface area contributed by atoms with E-state index < -0.39 is 5.97 Å². The quantitative estimate of drug-likeness (QED) is 0.667. The first-order valence-corrected chi connectivity index (χ1v) is 5.63. The molecule has 0 radical (unpaired) electrons. The van der Waals surface area contributed by atoms with Gasteiger partial charge in [0.1, 0.15) is 16.9 Å². The van der Waals surface area contributed by atoms with Crippen molar-refractivity contribution < 1.29 is 9.90 Å². The fourth-order valence-electron chi connectivity index (χ4n) is 1.78. The van der Waals surface area contributed by atoms with Crippen LogP contribution in [0.5, 0.6) is 0 Å². The van der Waals surface area contributed by atoms with Gasteiger partial charge < -0.3 is 15.4 Å². The Morgan fingerprint density at radius 2 is 2.05 bits per heavy atom. The summed E-state index contributed by atoms with van der Waals surface area (Å²) < 4.78 is 0. The Hall–Kier alpha value is -2.89. The van der Waals surface area contributed by atoms with Crippen molar-refractivity contribution in [2.24, 2.45) is 0 Å². The molecule has 0 amide bonds. The molecule has 0 aliphatic rings. The number of aromatic amines is 1. The monoisotopic (exact) mass is 254 g/mol. The topological polar surface area (TPSA) is 90.9 Å². The van der Waals surface area contributed by atoms with E-state index in [-0.39, 0.29) is 5.56 Å². The van der Waals surface area contributed by atoms with Crippen molar-refractivity contribution in [1.29, 1.82) is 0 Å². The first kappa shape index (κ1) is 11.2. The van der Waals surface area contributed by atoms with Crippen LogP contribution in [0.15, 0.2) is 42.7 Å². The van der Waals surface area contributed by atoms with E-state index in [2.05, 4.69) is 20.3 Å². The van der Waals surface area contributed by atoms with Crippen molar-refractivity contribution in [2.75, 3.05) is 5.32 Å². The number of H-pyrrole nitrogens is 1. The summed E-state index contributed by atoms with van der Waals surface area (Å²) in [6, 6.07) is 9.48. The van der Waals surface area contributed by atoms with Crippen LogP contribution in [0.3, 0.4) is 0 Å². The molecule has 3 rings (SSSR count). The van der Waals surface area contributed by atoms with Gasteiger partial charge in [0.05, 0.1) is 6.20 Å². The number of para-hydroxylation sites is 1. The molecule has 19 heavy (non-hydrogen) atoms. The molecule has 0 saturated carbocycles. The van der Waals surface area contributed by atoms with Crippen LogP contribution in [-0.2, 0) is 0 Å². The molecular weight excluding hydrogens is 244 g/mol. The van der Waals surface area contributed by atoms with E-state index >= 15 is 0 Å². The molecule has 2 aromatic heterocycles. The summed E-state index contributed by atoms with van der Waals surface area (Å²) in [5, 5.41) is 12.1. The Kier molecular flexibility index (Phi) is 2.60. The number of fused-ring (bicyclic) bond motifs is 1. The maximum atomic E-state index is 11.0. The van der Waals surface area contributed by atoms with E-state index in [9.17, 15) is 4.79 Å². The number of anilines is 2. The lowest BCUT2D eigenvalue weighted by Gasteiger charge is -2.04. The van der Waals surface area contributed by atoms with Crippen LogP contribution in [-0.4, -0.2) is 26.0 Å². The second-order valence-corrected chi connectivity index (χ2v) is 3.95.